The molecule has 0 saturated carbocycles. The Kier molecular flexibility index (Phi) is 4.43. The Morgan fingerprint density at radius 2 is 2.16 bits per heavy atom. The number of anilines is 1. The number of likely N-dealkylation sites (N-methyl/N-ethyl adjacent to an activating group) is 1. The van der Waals surface area contributed by atoms with Gasteiger partial charge < -0.3 is 10.2 Å². The highest BCUT2D eigenvalue weighted by molar-refractivity contribution is 7.09. The Hall–Kier alpha value is -2.36. The minimum absolute atomic E-state index is 0.235. The lowest BCUT2D eigenvalue weighted by Crippen LogP contribution is -2.43. The maximum absolute atomic E-state index is 12.5. The van der Waals surface area contributed by atoms with Crippen molar-refractivity contribution in [3.63, 3.8) is 0 Å². The molecule has 1 aliphatic heterocycles. The van der Waals surface area contributed by atoms with Crippen molar-refractivity contribution in [3.8, 4) is 0 Å². The van der Waals surface area contributed by atoms with Crippen LogP contribution < -0.4 is 5.32 Å². The van der Waals surface area contributed by atoms with Crippen LogP contribution in [0, 0.1) is 0 Å². The molecule has 0 unspecified atom stereocenters. The Labute approximate surface area is 149 Å². The summed E-state index contributed by atoms with van der Waals surface area (Å²) in [6, 6.07) is 1.79. The summed E-state index contributed by atoms with van der Waals surface area (Å²) in [5.74, 6) is -0.235. The van der Waals surface area contributed by atoms with Crippen molar-refractivity contribution < 1.29 is 4.79 Å². The Morgan fingerprint density at radius 3 is 3.00 bits per heavy atom. The maximum atomic E-state index is 12.5. The number of hydrogen-bond acceptors (Lipinski definition) is 7. The number of carbonyl (C=O) groups excluding carboxylic acids is 1. The summed E-state index contributed by atoms with van der Waals surface area (Å²) in [7, 11) is 2.14. The van der Waals surface area contributed by atoms with Gasteiger partial charge in [-0.2, -0.15) is 5.10 Å². The molecule has 0 atom stereocenters. The number of nitrogens with one attached hydrogen (secondary N) is 1. The first-order valence-corrected chi connectivity index (χ1v) is 9.02. The van der Waals surface area contributed by atoms with E-state index in [2.05, 4.69) is 37.2 Å². The Balaban J connectivity index is 1.42. The number of piperazine rings is 1. The fourth-order valence-electron chi connectivity index (χ4n) is 2.79. The van der Waals surface area contributed by atoms with E-state index >= 15 is 0 Å². The molecule has 9 heteroatoms. The number of hydrogen-bond donors (Lipinski definition) is 1. The predicted molar refractivity (Wildman–Crippen MR) is 95.8 cm³/mol. The molecular formula is C16H19N7OS. The lowest BCUT2D eigenvalue weighted by molar-refractivity contribution is 0.102. The van der Waals surface area contributed by atoms with Gasteiger partial charge in [-0.25, -0.2) is 14.5 Å². The van der Waals surface area contributed by atoms with Crippen molar-refractivity contribution in [2.24, 2.45) is 0 Å². The summed E-state index contributed by atoms with van der Waals surface area (Å²) in [5.41, 5.74) is 1.63. The van der Waals surface area contributed by atoms with E-state index in [0.29, 0.717) is 17.0 Å². The average molecular weight is 357 g/mol. The second-order valence-corrected chi connectivity index (χ2v) is 7.05. The second kappa shape index (κ2) is 6.87. The molecule has 0 spiro atoms. The van der Waals surface area contributed by atoms with Crippen molar-refractivity contribution in [1.82, 2.24) is 29.4 Å². The summed E-state index contributed by atoms with van der Waals surface area (Å²) in [6.45, 7) is 5.00. The van der Waals surface area contributed by atoms with E-state index in [1.807, 2.05) is 0 Å². The molecule has 3 aromatic rings. The highest BCUT2D eigenvalue weighted by atomic mass is 32.1. The van der Waals surface area contributed by atoms with Gasteiger partial charge in [-0.05, 0) is 13.1 Å². The van der Waals surface area contributed by atoms with Crippen LogP contribution in [0.15, 0.2) is 30.0 Å². The molecule has 0 aliphatic carbocycles. The highest BCUT2D eigenvalue weighted by Gasteiger charge is 2.18. The third-order valence-corrected chi connectivity index (χ3v) is 5.10. The van der Waals surface area contributed by atoms with E-state index in [0.717, 1.165) is 37.7 Å². The van der Waals surface area contributed by atoms with Crippen LogP contribution in [-0.4, -0.2) is 68.5 Å². The fraction of sp³-hybridized carbons (Fsp3) is 0.375. The number of carbonyl (C=O) groups is 1. The monoisotopic (exact) mass is 357 g/mol. The van der Waals surface area contributed by atoms with Gasteiger partial charge in [0.05, 0.1) is 12.7 Å². The Morgan fingerprint density at radius 1 is 1.32 bits per heavy atom. The molecule has 130 valence electrons. The first-order valence-electron chi connectivity index (χ1n) is 8.14. The third-order valence-electron chi connectivity index (χ3n) is 4.27. The molecule has 1 saturated heterocycles. The van der Waals surface area contributed by atoms with Gasteiger partial charge in [0.2, 0.25) is 0 Å². The van der Waals surface area contributed by atoms with Crippen molar-refractivity contribution in [2.75, 3.05) is 38.5 Å². The van der Waals surface area contributed by atoms with Crippen LogP contribution in [0.4, 0.5) is 5.69 Å². The predicted octanol–water partition coefficient (Wildman–Crippen LogP) is 1.19. The standard InChI is InChI=1S/C16H19N7OS/c1-21-5-7-22(8-6-21)10-14-19-13(11-25-14)16(24)20-12-9-18-23-4-2-3-17-15(12)23/h2-4,9,11H,5-8,10H2,1H3,(H,20,24). The van der Waals surface area contributed by atoms with E-state index in [1.165, 1.54) is 11.3 Å². The van der Waals surface area contributed by atoms with E-state index in [9.17, 15) is 4.79 Å². The fourth-order valence-corrected chi connectivity index (χ4v) is 3.60. The summed E-state index contributed by atoms with van der Waals surface area (Å²) >= 11 is 1.52. The van der Waals surface area contributed by atoms with E-state index in [1.54, 1.807) is 34.6 Å². The van der Waals surface area contributed by atoms with Gasteiger partial charge in [-0.15, -0.1) is 11.3 Å². The average Bonchev–Trinajstić information content (AvgIpc) is 3.25. The minimum atomic E-state index is -0.235. The zero-order valence-electron chi connectivity index (χ0n) is 13.9. The minimum Gasteiger partial charge on any atom is -0.316 e. The molecular weight excluding hydrogens is 338 g/mol. The summed E-state index contributed by atoms with van der Waals surface area (Å²) < 4.78 is 1.62. The zero-order chi connectivity index (χ0) is 17.2. The Bertz CT molecular complexity index is 881. The maximum Gasteiger partial charge on any atom is 0.275 e. The van der Waals surface area contributed by atoms with Gasteiger partial charge in [0.15, 0.2) is 5.65 Å². The van der Waals surface area contributed by atoms with Crippen LogP contribution in [0.1, 0.15) is 15.5 Å². The van der Waals surface area contributed by atoms with Gasteiger partial charge in [0.1, 0.15) is 16.4 Å². The van der Waals surface area contributed by atoms with Crippen LogP contribution in [0.3, 0.4) is 0 Å². The molecule has 1 fully saturated rings. The summed E-state index contributed by atoms with van der Waals surface area (Å²) in [5, 5.41) is 9.78. The van der Waals surface area contributed by atoms with Gasteiger partial charge in [0, 0.05) is 44.0 Å². The number of fused-ring (bicyclic) bond motifs is 1. The molecule has 4 rings (SSSR count). The van der Waals surface area contributed by atoms with Gasteiger partial charge in [0.25, 0.3) is 5.91 Å². The first-order chi connectivity index (χ1) is 12.2. The zero-order valence-corrected chi connectivity index (χ0v) is 14.7. The smallest absolute Gasteiger partial charge is 0.275 e. The van der Waals surface area contributed by atoms with E-state index in [-0.39, 0.29) is 5.91 Å². The lowest BCUT2D eigenvalue weighted by Gasteiger charge is -2.31. The molecule has 0 bridgehead atoms. The molecule has 25 heavy (non-hydrogen) atoms. The molecule has 4 heterocycles. The van der Waals surface area contributed by atoms with Gasteiger partial charge in [-0.1, -0.05) is 0 Å². The first kappa shape index (κ1) is 16.1. The van der Waals surface area contributed by atoms with Crippen molar-refractivity contribution >= 4 is 28.6 Å². The molecule has 0 radical (unpaired) electrons. The van der Waals surface area contributed by atoms with Gasteiger partial charge in [-0.3, -0.25) is 9.69 Å². The molecule has 3 aromatic heterocycles. The number of aromatic nitrogens is 4. The van der Waals surface area contributed by atoms with Crippen LogP contribution in [0.5, 0.6) is 0 Å². The number of amides is 1. The topological polar surface area (TPSA) is 78.7 Å². The number of nitrogens with zero attached hydrogens (tertiary/aromatic N) is 6. The van der Waals surface area contributed by atoms with Crippen molar-refractivity contribution in [1.29, 1.82) is 0 Å². The summed E-state index contributed by atoms with van der Waals surface area (Å²) in [6.07, 6.45) is 5.05. The van der Waals surface area contributed by atoms with Crippen LogP contribution >= 0.6 is 11.3 Å². The molecule has 1 amide bonds. The van der Waals surface area contributed by atoms with E-state index in [4.69, 9.17) is 0 Å². The largest absolute Gasteiger partial charge is 0.316 e. The third kappa shape index (κ3) is 3.53. The number of thiazole rings is 1. The van der Waals surface area contributed by atoms with Gasteiger partial charge >= 0.3 is 0 Å². The lowest BCUT2D eigenvalue weighted by atomic mass is 10.3. The van der Waals surface area contributed by atoms with Crippen molar-refractivity contribution in [2.45, 2.75) is 6.54 Å². The summed E-state index contributed by atoms with van der Waals surface area (Å²) in [4.78, 5) is 25.9. The highest BCUT2D eigenvalue weighted by Crippen LogP contribution is 2.17. The molecule has 0 aromatic carbocycles. The second-order valence-electron chi connectivity index (χ2n) is 6.11. The normalized spacial score (nSPS) is 16.4. The van der Waals surface area contributed by atoms with Crippen LogP contribution in [-0.2, 0) is 6.54 Å². The van der Waals surface area contributed by atoms with Crippen LogP contribution in [0.2, 0.25) is 0 Å². The quantitative estimate of drug-likeness (QED) is 0.756. The number of rotatable bonds is 4. The SMILES string of the molecule is CN1CCN(Cc2nc(C(=O)Nc3cnn4cccnc34)cs2)CC1. The van der Waals surface area contributed by atoms with E-state index < -0.39 is 0 Å². The molecule has 1 N–H and O–H groups in total. The van der Waals surface area contributed by atoms with Crippen LogP contribution in [0.25, 0.3) is 5.65 Å². The molecule has 8 nitrogen and oxygen atoms in total. The molecule has 1 aliphatic rings. The van der Waals surface area contributed by atoms with Crippen molar-refractivity contribution in [3.05, 3.63) is 40.7 Å².